The predicted octanol–water partition coefficient (Wildman–Crippen LogP) is 15.9. The standard InChI is InChI=1S/C56H40N2/c1-5-21-44(22-6-1)55-51(43-35-37-48(38-36-43)57(46-27-9-3-10-28-46)52-33-17-25-41-19-13-15-31-49(41)52)39-40-54(56(55)45-23-7-2-8-24-45)58(47-29-11-4-12-30-47)53-34-18-26-42-20-14-16-32-50(42)53/h1-40H. The number of anilines is 6. The second kappa shape index (κ2) is 15.5. The van der Waals surface area contributed by atoms with Crippen LogP contribution in [-0.4, -0.2) is 0 Å². The smallest absolute Gasteiger partial charge is 0.0546 e. The third kappa shape index (κ3) is 6.47. The van der Waals surface area contributed by atoms with Crippen LogP contribution in [0.5, 0.6) is 0 Å². The molecule has 0 atom stereocenters. The minimum Gasteiger partial charge on any atom is -0.310 e. The molecule has 274 valence electrons. The number of hydrogen-bond donors (Lipinski definition) is 0. The average Bonchev–Trinajstić information content (AvgIpc) is 3.31. The van der Waals surface area contributed by atoms with Gasteiger partial charge in [0.1, 0.15) is 0 Å². The zero-order valence-electron chi connectivity index (χ0n) is 32.0. The molecule has 2 nitrogen and oxygen atoms in total. The third-order valence-electron chi connectivity index (χ3n) is 11.0. The molecule has 0 unspecified atom stereocenters. The first-order valence-electron chi connectivity index (χ1n) is 19.9. The van der Waals surface area contributed by atoms with E-state index in [9.17, 15) is 0 Å². The van der Waals surface area contributed by atoms with E-state index in [1.54, 1.807) is 0 Å². The van der Waals surface area contributed by atoms with Crippen LogP contribution in [-0.2, 0) is 0 Å². The lowest BCUT2D eigenvalue weighted by atomic mass is 9.85. The Balaban J connectivity index is 1.21. The summed E-state index contributed by atoms with van der Waals surface area (Å²) in [4.78, 5) is 4.80. The van der Waals surface area contributed by atoms with Crippen molar-refractivity contribution in [3.05, 3.63) is 243 Å². The van der Waals surface area contributed by atoms with Crippen molar-refractivity contribution in [1.82, 2.24) is 0 Å². The predicted molar refractivity (Wildman–Crippen MR) is 247 cm³/mol. The Morgan fingerprint density at radius 2 is 0.638 bits per heavy atom. The topological polar surface area (TPSA) is 6.48 Å². The van der Waals surface area contributed by atoms with Gasteiger partial charge in [-0.05, 0) is 93.2 Å². The summed E-state index contributed by atoms with van der Waals surface area (Å²) < 4.78 is 0. The molecule has 10 rings (SSSR count). The highest BCUT2D eigenvalue weighted by Gasteiger charge is 2.25. The summed E-state index contributed by atoms with van der Waals surface area (Å²) in [5.74, 6) is 0. The van der Waals surface area contributed by atoms with Gasteiger partial charge in [0.05, 0.1) is 17.1 Å². The van der Waals surface area contributed by atoms with Crippen LogP contribution in [0.3, 0.4) is 0 Å². The number of hydrogen-bond acceptors (Lipinski definition) is 2. The molecule has 0 aliphatic heterocycles. The third-order valence-corrected chi connectivity index (χ3v) is 11.0. The van der Waals surface area contributed by atoms with E-state index in [0.29, 0.717) is 0 Å². The Morgan fingerprint density at radius 1 is 0.224 bits per heavy atom. The first-order chi connectivity index (χ1) is 28.8. The molecule has 0 amide bonds. The van der Waals surface area contributed by atoms with Gasteiger partial charge >= 0.3 is 0 Å². The molecule has 58 heavy (non-hydrogen) atoms. The highest BCUT2D eigenvalue weighted by atomic mass is 15.2. The van der Waals surface area contributed by atoms with Crippen molar-refractivity contribution in [3.63, 3.8) is 0 Å². The van der Waals surface area contributed by atoms with Gasteiger partial charge in [-0.3, -0.25) is 0 Å². The Hall–Kier alpha value is -7.68. The van der Waals surface area contributed by atoms with Crippen molar-refractivity contribution in [3.8, 4) is 33.4 Å². The van der Waals surface area contributed by atoms with Gasteiger partial charge in [-0.2, -0.15) is 0 Å². The summed E-state index contributed by atoms with van der Waals surface area (Å²) in [7, 11) is 0. The highest BCUT2D eigenvalue weighted by Crippen LogP contribution is 2.50. The fourth-order valence-electron chi connectivity index (χ4n) is 8.41. The van der Waals surface area contributed by atoms with E-state index in [-0.39, 0.29) is 0 Å². The van der Waals surface area contributed by atoms with Crippen molar-refractivity contribution in [2.75, 3.05) is 9.80 Å². The molecule has 0 aliphatic carbocycles. The van der Waals surface area contributed by atoms with Crippen molar-refractivity contribution in [1.29, 1.82) is 0 Å². The van der Waals surface area contributed by atoms with E-state index >= 15 is 0 Å². The molecule has 0 heterocycles. The maximum atomic E-state index is 2.44. The number of para-hydroxylation sites is 2. The lowest BCUT2D eigenvalue weighted by Crippen LogP contribution is -2.12. The second-order valence-electron chi connectivity index (χ2n) is 14.5. The van der Waals surface area contributed by atoms with E-state index in [4.69, 9.17) is 0 Å². The van der Waals surface area contributed by atoms with Crippen molar-refractivity contribution < 1.29 is 0 Å². The Kier molecular flexibility index (Phi) is 9.27. The summed E-state index contributed by atoms with van der Waals surface area (Å²) in [5.41, 5.74) is 13.7. The van der Waals surface area contributed by atoms with Crippen LogP contribution < -0.4 is 9.80 Å². The fraction of sp³-hybridized carbons (Fsp3) is 0. The maximum absolute atomic E-state index is 2.44. The van der Waals surface area contributed by atoms with Gasteiger partial charge in [0.25, 0.3) is 0 Å². The molecule has 10 aromatic carbocycles. The molecule has 0 aliphatic rings. The monoisotopic (exact) mass is 740 g/mol. The lowest BCUT2D eigenvalue weighted by Gasteiger charge is -2.31. The van der Waals surface area contributed by atoms with Crippen molar-refractivity contribution in [2.45, 2.75) is 0 Å². The molecule has 0 saturated heterocycles. The molecule has 0 aromatic heterocycles. The molecule has 0 radical (unpaired) electrons. The molecule has 0 N–H and O–H groups in total. The normalized spacial score (nSPS) is 11.1. The van der Waals surface area contributed by atoms with Gasteiger partial charge in [-0.25, -0.2) is 0 Å². The van der Waals surface area contributed by atoms with E-state index in [0.717, 1.165) is 50.8 Å². The quantitative estimate of drug-likeness (QED) is 0.145. The van der Waals surface area contributed by atoms with Crippen molar-refractivity contribution >= 4 is 55.7 Å². The summed E-state index contributed by atoms with van der Waals surface area (Å²) in [6.07, 6.45) is 0. The van der Waals surface area contributed by atoms with Crippen LogP contribution in [0.1, 0.15) is 0 Å². The Bertz CT molecular complexity index is 2970. The van der Waals surface area contributed by atoms with Gasteiger partial charge in [-0.1, -0.05) is 188 Å². The molecule has 0 saturated carbocycles. The summed E-state index contributed by atoms with van der Waals surface area (Å²) in [6.45, 7) is 0. The Morgan fingerprint density at radius 3 is 1.19 bits per heavy atom. The van der Waals surface area contributed by atoms with Crippen LogP contribution in [0.15, 0.2) is 243 Å². The van der Waals surface area contributed by atoms with Crippen LogP contribution >= 0.6 is 0 Å². The molecule has 0 bridgehead atoms. The summed E-state index contributed by atoms with van der Waals surface area (Å²) in [6, 6.07) is 87.4. The number of nitrogens with zero attached hydrogens (tertiary/aromatic N) is 2. The summed E-state index contributed by atoms with van der Waals surface area (Å²) in [5, 5.41) is 4.83. The average molecular weight is 741 g/mol. The zero-order chi connectivity index (χ0) is 38.7. The molecule has 0 spiro atoms. The number of benzene rings is 10. The second-order valence-corrected chi connectivity index (χ2v) is 14.5. The minimum absolute atomic E-state index is 1.10. The van der Waals surface area contributed by atoms with Gasteiger partial charge in [0, 0.05) is 33.4 Å². The first kappa shape index (κ1) is 34.8. The lowest BCUT2D eigenvalue weighted by molar-refractivity contribution is 1.29. The number of fused-ring (bicyclic) bond motifs is 2. The zero-order valence-corrected chi connectivity index (χ0v) is 32.0. The molecule has 10 aromatic rings. The minimum atomic E-state index is 1.10. The maximum Gasteiger partial charge on any atom is 0.0546 e. The van der Waals surface area contributed by atoms with E-state index < -0.39 is 0 Å². The van der Waals surface area contributed by atoms with Gasteiger partial charge in [0.2, 0.25) is 0 Å². The van der Waals surface area contributed by atoms with Gasteiger partial charge in [0.15, 0.2) is 0 Å². The van der Waals surface area contributed by atoms with E-state index in [1.165, 1.54) is 38.2 Å². The Labute approximate surface area is 340 Å². The van der Waals surface area contributed by atoms with Crippen LogP contribution in [0.4, 0.5) is 34.1 Å². The summed E-state index contributed by atoms with van der Waals surface area (Å²) >= 11 is 0. The van der Waals surface area contributed by atoms with Crippen molar-refractivity contribution in [2.24, 2.45) is 0 Å². The molecular formula is C56H40N2. The molecule has 0 fully saturated rings. The first-order valence-corrected chi connectivity index (χ1v) is 19.9. The van der Waals surface area contributed by atoms with Crippen LogP contribution in [0.2, 0.25) is 0 Å². The van der Waals surface area contributed by atoms with Gasteiger partial charge < -0.3 is 9.80 Å². The van der Waals surface area contributed by atoms with Crippen LogP contribution in [0.25, 0.3) is 54.9 Å². The van der Waals surface area contributed by atoms with E-state index in [1.807, 2.05) is 0 Å². The molecular weight excluding hydrogens is 701 g/mol. The number of rotatable bonds is 9. The largest absolute Gasteiger partial charge is 0.310 e. The van der Waals surface area contributed by atoms with Gasteiger partial charge in [-0.15, -0.1) is 0 Å². The fourth-order valence-corrected chi connectivity index (χ4v) is 8.41. The molecule has 2 heteroatoms. The van der Waals surface area contributed by atoms with Crippen LogP contribution in [0, 0.1) is 0 Å². The highest BCUT2D eigenvalue weighted by molar-refractivity contribution is 6.06. The van der Waals surface area contributed by atoms with E-state index in [2.05, 4.69) is 252 Å². The SMILES string of the molecule is c1ccc(-c2c(-c3ccc(N(c4ccccc4)c4cccc5ccccc45)cc3)ccc(N(c3ccccc3)c3cccc4ccccc34)c2-c2ccccc2)cc1.